The van der Waals surface area contributed by atoms with Gasteiger partial charge in [-0.05, 0) is 55.1 Å². The molecule has 7 heteroatoms. The number of hydrogen-bond donors (Lipinski definition) is 3. The van der Waals surface area contributed by atoms with Gasteiger partial charge in [0.2, 0.25) is 0 Å². The number of carbonyl (C=O) groups excluding carboxylic acids is 1. The Balaban J connectivity index is 1.51. The molecule has 4 rings (SSSR count). The lowest BCUT2D eigenvalue weighted by atomic mass is 9.86. The molecule has 0 atom stereocenters. The average molecular weight is 405 g/mol. The van der Waals surface area contributed by atoms with Crippen molar-refractivity contribution in [3.05, 3.63) is 65.2 Å². The fraction of sp³-hybridized carbons (Fsp3) is 0.348. The number of carbonyl (C=O) groups is 1. The third kappa shape index (κ3) is 3.88. The van der Waals surface area contributed by atoms with Crippen LogP contribution < -0.4 is 10.9 Å². The van der Waals surface area contributed by atoms with Gasteiger partial charge in [-0.15, -0.1) is 0 Å². The third-order valence-corrected chi connectivity index (χ3v) is 6.20. The van der Waals surface area contributed by atoms with Crippen molar-refractivity contribution in [3.63, 3.8) is 0 Å². The number of likely N-dealkylation sites (tertiary alicyclic amines) is 1. The van der Waals surface area contributed by atoms with E-state index >= 15 is 0 Å². The number of nitrogens with one attached hydrogen (secondary N) is 1. The van der Waals surface area contributed by atoms with Gasteiger partial charge in [0.15, 0.2) is 0 Å². The molecule has 3 aromatic rings. The Bertz CT molecular complexity index is 1060. The molecular weight excluding hydrogens is 377 g/mol. The van der Waals surface area contributed by atoms with Crippen molar-refractivity contribution in [1.29, 1.82) is 0 Å². The van der Waals surface area contributed by atoms with E-state index in [2.05, 4.69) is 29.6 Å². The second-order valence-corrected chi connectivity index (χ2v) is 8.08. The molecule has 30 heavy (non-hydrogen) atoms. The Morgan fingerprint density at radius 1 is 1.13 bits per heavy atom. The van der Waals surface area contributed by atoms with Gasteiger partial charge in [-0.25, -0.2) is 0 Å². The second-order valence-electron chi connectivity index (χ2n) is 8.08. The highest BCUT2D eigenvalue weighted by atomic mass is 16.4. The zero-order chi connectivity index (χ0) is 21.3. The summed E-state index contributed by atoms with van der Waals surface area (Å²) in [7, 11) is 2.16. The average Bonchev–Trinajstić information content (AvgIpc) is 3.11. The molecule has 3 N–H and O–H groups in total. The molecule has 1 fully saturated rings. The standard InChI is InChI=1S/C23H28BN3O3/c1-25-15-16-5-3-6-18(13-16)17-9-11-27(12-10-17)23(28)19-7-4-8-21-20(19)14-22(24(29)30)26(21)2/h3-8,13-14,17,25,29-30H,9-12,15H2,1-2H3. The molecule has 0 spiro atoms. The van der Waals surface area contributed by atoms with Crippen molar-refractivity contribution in [3.8, 4) is 0 Å². The van der Waals surface area contributed by atoms with E-state index in [9.17, 15) is 14.8 Å². The topological polar surface area (TPSA) is 77.7 Å². The van der Waals surface area contributed by atoms with Gasteiger partial charge in [0, 0.05) is 48.7 Å². The number of amides is 1. The van der Waals surface area contributed by atoms with Crippen LogP contribution in [0, 0.1) is 0 Å². The summed E-state index contributed by atoms with van der Waals surface area (Å²) in [6, 6.07) is 16.0. The van der Waals surface area contributed by atoms with Crippen LogP contribution in [0.2, 0.25) is 0 Å². The van der Waals surface area contributed by atoms with Crippen molar-refractivity contribution < 1.29 is 14.8 Å². The number of benzene rings is 2. The first-order valence-electron chi connectivity index (χ1n) is 10.5. The zero-order valence-corrected chi connectivity index (χ0v) is 17.5. The normalized spacial score (nSPS) is 15.0. The van der Waals surface area contributed by atoms with Crippen LogP contribution in [0.3, 0.4) is 0 Å². The van der Waals surface area contributed by atoms with Crippen molar-refractivity contribution in [2.45, 2.75) is 25.3 Å². The maximum absolute atomic E-state index is 13.3. The van der Waals surface area contributed by atoms with Gasteiger partial charge in [0.25, 0.3) is 5.91 Å². The zero-order valence-electron chi connectivity index (χ0n) is 17.5. The fourth-order valence-electron chi connectivity index (χ4n) is 4.56. The number of nitrogens with zero attached hydrogens (tertiary/aromatic N) is 2. The van der Waals surface area contributed by atoms with E-state index in [1.165, 1.54) is 11.1 Å². The van der Waals surface area contributed by atoms with Crippen LogP contribution in [0.1, 0.15) is 40.2 Å². The summed E-state index contributed by atoms with van der Waals surface area (Å²) in [6.45, 7) is 2.30. The second kappa shape index (κ2) is 8.64. The number of aryl methyl sites for hydroxylation is 1. The van der Waals surface area contributed by atoms with Crippen molar-refractivity contribution in [2.24, 2.45) is 7.05 Å². The van der Waals surface area contributed by atoms with Crippen LogP contribution in [0.4, 0.5) is 0 Å². The first-order chi connectivity index (χ1) is 14.5. The van der Waals surface area contributed by atoms with Gasteiger partial charge in [-0.3, -0.25) is 4.79 Å². The molecule has 1 aliphatic heterocycles. The van der Waals surface area contributed by atoms with E-state index in [0.29, 0.717) is 17.1 Å². The Labute approximate surface area is 177 Å². The Morgan fingerprint density at radius 2 is 1.87 bits per heavy atom. The van der Waals surface area contributed by atoms with E-state index in [1.54, 1.807) is 17.7 Å². The van der Waals surface area contributed by atoms with Gasteiger partial charge in [-0.1, -0.05) is 30.3 Å². The predicted molar refractivity (Wildman–Crippen MR) is 120 cm³/mol. The lowest BCUT2D eigenvalue weighted by molar-refractivity contribution is 0.0715. The molecule has 2 heterocycles. The number of fused-ring (bicyclic) bond motifs is 1. The molecule has 0 aliphatic carbocycles. The van der Waals surface area contributed by atoms with E-state index < -0.39 is 7.12 Å². The Hall–Kier alpha value is -2.61. The molecule has 1 amide bonds. The summed E-state index contributed by atoms with van der Waals surface area (Å²) in [6.07, 6.45) is 1.89. The molecule has 1 aliphatic rings. The highest BCUT2D eigenvalue weighted by Gasteiger charge is 2.27. The molecule has 0 bridgehead atoms. The first-order valence-corrected chi connectivity index (χ1v) is 10.5. The number of piperidine rings is 1. The van der Waals surface area contributed by atoms with Crippen molar-refractivity contribution >= 4 is 29.5 Å². The molecule has 0 saturated carbocycles. The van der Waals surface area contributed by atoms with Gasteiger partial charge in [0.05, 0.1) is 0 Å². The minimum Gasteiger partial charge on any atom is -0.422 e. The number of hydrogen-bond acceptors (Lipinski definition) is 4. The van der Waals surface area contributed by atoms with Crippen LogP contribution >= 0.6 is 0 Å². The summed E-state index contributed by atoms with van der Waals surface area (Å²) >= 11 is 0. The van der Waals surface area contributed by atoms with Crippen molar-refractivity contribution in [1.82, 2.24) is 14.8 Å². The summed E-state index contributed by atoms with van der Waals surface area (Å²) < 4.78 is 1.72. The van der Waals surface area contributed by atoms with E-state index in [4.69, 9.17) is 0 Å². The summed E-state index contributed by atoms with van der Waals surface area (Å²) in [4.78, 5) is 15.2. The summed E-state index contributed by atoms with van der Waals surface area (Å²) in [5.74, 6) is 0.474. The van der Waals surface area contributed by atoms with Crippen LogP contribution in [-0.2, 0) is 13.6 Å². The highest BCUT2D eigenvalue weighted by molar-refractivity contribution is 6.58. The molecule has 1 aromatic heterocycles. The molecule has 156 valence electrons. The summed E-state index contributed by atoms with van der Waals surface area (Å²) in [5, 5.41) is 23.2. The van der Waals surface area contributed by atoms with Crippen molar-refractivity contribution in [2.75, 3.05) is 20.1 Å². The Morgan fingerprint density at radius 3 is 2.57 bits per heavy atom. The molecule has 6 nitrogen and oxygen atoms in total. The lowest BCUT2D eigenvalue weighted by Crippen LogP contribution is -2.38. The first kappa shape index (κ1) is 20.7. The third-order valence-electron chi connectivity index (χ3n) is 6.20. The highest BCUT2D eigenvalue weighted by Crippen LogP contribution is 2.30. The molecular formula is C23H28BN3O3. The minimum absolute atomic E-state index is 0.00700. The van der Waals surface area contributed by atoms with Crippen LogP contribution in [0.15, 0.2) is 48.5 Å². The van der Waals surface area contributed by atoms with E-state index in [0.717, 1.165) is 43.4 Å². The van der Waals surface area contributed by atoms with Gasteiger partial charge < -0.3 is 24.8 Å². The monoisotopic (exact) mass is 405 g/mol. The number of aromatic nitrogens is 1. The minimum atomic E-state index is -1.57. The smallest absolute Gasteiger partial charge is 0.422 e. The largest absolute Gasteiger partial charge is 0.505 e. The fourth-order valence-corrected chi connectivity index (χ4v) is 4.56. The van der Waals surface area contributed by atoms with E-state index in [-0.39, 0.29) is 5.91 Å². The molecule has 0 unspecified atom stereocenters. The van der Waals surface area contributed by atoms with Crippen LogP contribution in [0.5, 0.6) is 0 Å². The quantitative estimate of drug-likeness (QED) is 0.564. The van der Waals surface area contributed by atoms with Gasteiger partial charge >= 0.3 is 7.12 Å². The van der Waals surface area contributed by atoms with E-state index in [1.807, 2.05) is 30.1 Å². The number of rotatable bonds is 5. The molecule has 1 saturated heterocycles. The van der Waals surface area contributed by atoms with Gasteiger partial charge in [-0.2, -0.15) is 0 Å². The Kier molecular flexibility index (Phi) is 5.95. The summed E-state index contributed by atoms with van der Waals surface area (Å²) in [5.41, 5.74) is 4.45. The van der Waals surface area contributed by atoms with Gasteiger partial charge in [0.1, 0.15) is 0 Å². The predicted octanol–water partition coefficient (Wildman–Crippen LogP) is 1.60. The SMILES string of the molecule is CNCc1cccc(C2CCN(C(=O)c3cccc4c3cc(B(O)O)n4C)CC2)c1. The lowest BCUT2D eigenvalue weighted by Gasteiger charge is -2.32. The maximum atomic E-state index is 13.3. The molecule has 0 radical (unpaired) electrons. The molecule has 2 aromatic carbocycles. The van der Waals surface area contributed by atoms with Crippen LogP contribution in [0.25, 0.3) is 10.9 Å². The maximum Gasteiger partial charge on any atom is 0.505 e. The van der Waals surface area contributed by atoms with Crippen LogP contribution in [-0.4, -0.2) is 52.7 Å².